The second-order valence-corrected chi connectivity index (χ2v) is 4.46. The number of hydrazone groups is 1. The van der Waals surface area contributed by atoms with E-state index in [-0.39, 0.29) is 5.82 Å². The summed E-state index contributed by atoms with van der Waals surface area (Å²) in [5.41, 5.74) is 10.7. The van der Waals surface area contributed by atoms with Gasteiger partial charge in [-0.2, -0.15) is 5.10 Å². The Balaban J connectivity index is 2.24. The van der Waals surface area contributed by atoms with Gasteiger partial charge in [-0.1, -0.05) is 23.7 Å². The molecule has 3 N–H and O–H groups in total. The first kappa shape index (κ1) is 13.4. The summed E-state index contributed by atoms with van der Waals surface area (Å²) in [6, 6.07) is 11.4. The lowest BCUT2D eigenvalue weighted by molar-refractivity contribution is 0.630. The van der Waals surface area contributed by atoms with Crippen molar-refractivity contribution in [3.63, 3.8) is 0 Å². The molecule has 0 unspecified atom stereocenters. The Hall–Kier alpha value is -2.07. The van der Waals surface area contributed by atoms with E-state index in [9.17, 15) is 4.39 Å². The van der Waals surface area contributed by atoms with E-state index in [4.69, 9.17) is 17.3 Å². The van der Waals surface area contributed by atoms with Crippen molar-refractivity contribution in [3.05, 3.63) is 58.9 Å². The van der Waals surface area contributed by atoms with Crippen LogP contribution in [0.25, 0.3) is 0 Å². The van der Waals surface area contributed by atoms with Crippen molar-refractivity contribution in [3.8, 4) is 0 Å². The first-order valence-corrected chi connectivity index (χ1v) is 6.06. The van der Waals surface area contributed by atoms with Crippen LogP contribution in [0.15, 0.2) is 47.6 Å². The molecule has 0 bridgehead atoms. The van der Waals surface area contributed by atoms with E-state index in [1.807, 2.05) is 0 Å². The van der Waals surface area contributed by atoms with Gasteiger partial charge < -0.3 is 5.73 Å². The molecule has 0 aliphatic heterocycles. The minimum Gasteiger partial charge on any atom is -0.398 e. The van der Waals surface area contributed by atoms with Crippen LogP contribution in [0.1, 0.15) is 12.5 Å². The van der Waals surface area contributed by atoms with E-state index >= 15 is 0 Å². The minimum atomic E-state index is -0.363. The Bertz CT molecular complexity index is 626. The van der Waals surface area contributed by atoms with Crippen LogP contribution >= 0.6 is 11.6 Å². The third-order valence-corrected chi connectivity index (χ3v) is 2.86. The van der Waals surface area contributed by atoms with Gasteiger partial charge in [-0.15, -0.1) is 0 Å². The zero-order valence-electron chi connectivity index (χ0n) is 10.3. The monoisotopic (exact) mass is 277 g/mol. The van der Waals surface area contributed by atoms with Crippen molar-refractivity contribution in [2.24, 2.45) is 5.10 Å². The van der Waals surface area contributed by atoms with Crippen LogP contribution in [0.5, 0.6) is 0 Å². The Morgan fingerprint density at radius 2 is 2.00 bits per heavy atom. The van der Waals surface area contributed by atoms with E-state index < -0.39 is 0 Å². The maximum Gasteiger partial charge on any atom is 0.148 e. The summed E-state index contributed by atoms with van der Waals surface area (Å²) in [5.74, 6) is -0.363. The number of halogens is 2. The Morgan fingerprint density at radius 3 is 2.74 bits per heavy atom. The van der Waals surface area contributed by atoms with Crippen LogP contribution < -0.4 is 11.2 Å². The first-order chi connectivity index (χ1) is 9.08. The number of nitrogens with two attached hydrogens (primary N) is 1. The highest BCUT2D eigenvalue weighted by Gasteiger charge is 2.05. The normalized spacial score (nSPS) is 11.4. The van der Waals surface area contributed by atoms with E-state index in [2.05, 4.69) is 10.5 Å². The number of nitrogens with one attached hydrogen (secondary N) is 1. The van der Waals surface area contributed by atoms with Gasteiger partial charge in [0.25, 0.3) is 0 Å². The van der Waals surface area contributed by atoms with Gasteiger partial charge in [0.1, 0.15) is 5.82 Å². The molecule has 0 aliphatic rings. The number of hydrogen-bond acceptors (Lipinski definition) is 3. The third-order valence-electron chi connectivity index (χ3n) is 2.62. The number of anilines is 2. The van der Waals surface area contributed by atoms with Gasteiger partial charge in [0.05, 0.1) is 11.4 Å². The summed E-state index contributed by atoms with van der Waals surface area (Å²) >= 11 is 5.91. The predicted molar refractivity (Wildman–Crippen MR) is 78.1 cm³/mol. The summed E-state index contributed by atoms with van der Waals surface area (Å²) in [6.45, 7) is 1.77. The number of nitrogens with zero attached hydrogens (tertiary/aromatic N) is 1. The van der Waals surface area contributed by atoms with Gasteiger partial charge in [-0.3, -0.25) is 5.43 Å². The topological polar surface area (TPSA) is 50.4 Å². The highest BCUT2D eigenvalue weighted by molar-refractivity contribution is 6.31. The van der Waals surface area contributed by atoms with Gasteiger partial charge in [-0.05, 0) is 37.3 Å². The maximum absolute atomic E-state index is 13.4. The van der Waals surface area contributed by atoms with Crippen molar-refractivity contribution < 1.29 is 4.39 Å². The third kappa shape index (κ3) is 3.23. The highest BCUT2D eigenvalue weighted by atomic mass is 35.5. The van der Waals surface area contributed by atoms with Crippen LogP contribution in [0.4, 0.5) is 15.8 Å². The second-order valence-electron chi connectivity index (χ2n) is 4.02. The zero-order chi connectivity index (χ0) is 13.8. The predicted octanol–water partition coefficient (Wildman–Crippen LogP) is 3.90. The second kappa shape index (κ2) is 5.71. The number of hydrogen-bond donors (Lipinski definition) is 2. The van der Waals surface area contributed by atoms with E-state index in [0.717, 1.165) is 5.56 Å². The molecule has 0 spiro atoms. The van der Waals surface area contributed by atoms with Gasteiger partial charge in [-0.25, -0.2) is 4.39 Å². The number of rotatable bonds is 3. The van der Waals surface area contributed by atoms with E-state index in [1.165, 1.54) is 6.07 Å². The molecule has 0 heterocycles. The molecule has 0 aromatic heterocycles. The van der Waals surface area contributed by atoms with Crippen molar-refractivity contribution in [1.29, 1.82) is 0 Å². The van der Waals surface area contributed by atoms with Crippen LogP contribution in [-0.4, -0.2) is 5.71 Å². The standard InChI is InChI=1S/C14H13ClFN3/c1-9(11-8-10(15)6-7-13(11)17)18-19-14-5-3-2-4-12(14)16/h2-8,19H,17H2,1H3/b18-9+. The largest absolute Gasteiger partial charge is 0.398 e. The van der Waals surface area contributed by atoms with Crippen LogP contribution in [0.3, 0.4) is 0 Å². The molecule has 0 fully saturated rings. The Morgan fingerprint density at radius 1 is 1.26 bits per heavy atom. The van der Waals surface area contributed by atoms with E-state index in [0.29, 0.717) is 22.1 Å². The molecular weight excluding hydrogens is 265 g/mol. The van der Waals surface area contributed by atoms with Crippen molar-refractivity contribution in [2.45, 2.75) is 6.92 Å². The SMILES string of the molecule is C/C(=N\Nc1ccccc1F)c1cc(Cl)ccc1N. The molecule has 3 nitrogen and oxygen atoms in total. The zero-order valence-corrected chi connectivity index (χ0v) is 11.1. The summed E-state index contributed by atoms with van der Waals surface area (Å²) in [5, 5.41) is 4.69. The van der Waals surface area contributed by atoms with Crippen molar-refractivity contribution in [1.82, 2.24) is 0 Å². The molecule has 2 aromatic rings. The number of nitrogen functional groups attached to an aromatic ring is 1. The van der Waals surface area contributed by atoms with Gasteiger partial charge in [0.2, 0.25) is 0 Å². The summed E-state index contributed by atoms with van der Waals surface area (Å²) in [7, 11) is 0. The quantitative estimate of drug-likeness (QED) is 0.508. The average Bonchev–Trinajstić information content (AvgIpc) is 2.40. The van der Waals surface area contributed by atoms with Crippen LogP contribution in [0.2, 0.25) is 5.02 Å². The molecule has 2 rings (SSSR count). The Kier molecular flexibility index (Phi) is 4.02. The van der Waals surface area contributed by atoms with Crippen molar-refractivity contribution >= 4 is 28.7 Å². The maximum atomic E-state index is 13.4. The molecule has 0 saturated carbocycles. The number of benzene rings is 2. The lowest BCUT2D eigenvalue weighted by Crippen LogP contribution is -2.04. The molecule has 98 valence electrons. The lowest BCUT2D eigenvalue weighted by atomic mass is 10.1. The lowest BCUT2D eigenvalue weighted by Gasteiger charge is -2.07. The Labute approximate surface area is 115 Å². The molecular formula is C14H13ClFN3. The summed E-state index contributed by atoms with van der Waals surface area (Å²) in [6.07, 6.45) is 0. The van der Waals surface area contributed by atoms with Gasteiger partial charge in [0, 0.05) is 16.3 Å². The van der Waals surface area contributed by atoms with Crippen LogP contribution in [-0.2, 0) is 0 Å². The summed E-state index contributed by atoms with van der Waals surface area (Å²) in [4.78, 5) is 0. The van der Waals surface area contributed by atoms with Crippen molar-refractivity contribution in [2.75, 3.05) is 11.2 Å². The molecule has 2 aromatic carbocycles. The molecule has 0 radical (unpaired) electrons. The molecule has 0 atom stereocenters. The molecule has 0 saturated heterocycles. The highest BCUT2D eigenvalue weighted by Crippen LogP contribution is 2.19. The average molecular weight is 278 g/mol. The fourth-order valence-electron chi connectivity index (χ4n) is 1.60. The van der Waals surface area contributed by atoms with Gasteiger partial charge >= 0.3 is 0 Å². The number of para-hydroxylation sites is 1. The molecule has 0 aliphatic carbocycles. The molecule has 5 heteroatoms. The molecule has 19 heavy (non-hydrogen) atoms. The first-order valence-electron chi connectivity index (χ1n) is 5.68. The minimum absolute atomic E-state index is 0.308. The summed E-state index contributed by atoms with van der Waals surface area (Å²) < 4.78 is 13.4. The fraction of sp³-hybridized carbons (Fsp3) is 0.0714. The van der Waals surface area contributed by atoms with Gasteiger partial charge in [0.15, 0.2) is 0 Å². The molecule has 0 amide bonds. The fourth-order valence-corrected chi connectivity index (χ4v) is 1.77. The van der Waals surface area contributed by atoms with E-state index in [1.54, 1.807) is 43.3 Å². The van der Waals surface area contributed by atoms with Crippen LogP contribution in [0, 0.1) is 5.82 Å². The smallest absolute Gasteiger partial charge is 0.148 e.